The normalized spacial score (nSPS) is 15.4. The number of aromatic nitrogens is 2. The Balaban J connectivity index is 0.000000483. The molecule has 0 unspecified atom stereocenters. The third-order valence-electron chi connectivity index (χ3n) is 8.22. The van der Waals surface area contributed by atoms with E-state index in [-0.39, 0.29) is 25.3 Å². The zero-order valence-electron chi connectivity index (χ0n) is 25.6. The maximum Gasteiger partial charge on any atom is 0.335 e. The predicted molar refractivity (Wildman–Crippen MR) is 175 cm³/mol. The minimum Gasteiger partial charge on any atom is -0.489 e. The molecule has 2 fully saturated rings. The van der Waals surface area contributed by atoms with Crippen LogP contribution in [0.3, 0.4) is 0 Å². The summed E-state index contributed by atoms with van der Waals surface area (Å²) in [4.78, 5) is 17.3. The topological polar surface area (TPSA) is 196 Å². The molecule has 7 N–H and O–H groups in total. The van der Waals surface area contributed by atoms with Crippen LogP contribution in [0.2, 0.25) is 10.0 Å². The van der Waals surface area contributed by atoms with Gasteiger partial charge in [-0.15, -0.1) is 0 Å². The molecule has 1 saturated heterocycles. The van der Waals surface area contributed by atoms with Gasteiger partial charge in [0.2, 0.25) is 0 Å². The Labute approximate surface area is 280 Å². The molecule has 0 radical (unpaired) electrons. The number of ether oxygens (including phenoxy) is 1. The standard InChI is InChI=1S/C29H25Cl2N3O5.C4H11NO3/c1-16-3-2-4-22(30)25(16)26-20(27(39-33-26)17-5-6-17)13-38-19-7-8-21(23(31)12-19)29(37)14-34(15-29)24-11-18(28(35)36)9-10-32-24;5-4(1-6,2-7)3-8/h2-4,7-12,17,37H,5-6,13-15H2,1H3,(H,35,36);6-8H,1-3,5H2. The Bertz CT molecular complexity index is 1710. The minimum absolute atomic E-state index is 0.139. The monoisotopic (exact) mass is 686 g/mol. The summed E-state index contributed by atoms with van der Waals surface area (Å²) in [6.45, 7) is 1.47. The van der Waals surface area contributed by atoms with Crippen molar-refractivity contribution in [2.45, 2.75) is 43.4 Å². The van der Waals surface area contributed by atoms with Gasteiger partial charge in [0.05, 0.1) is 59.6 Å². The molecule has 47 heavy (non-hydrogen) atoms. The number of nitrogens with two attached hydrogens (primary N) is 1. The summed E-state index contributed by atoms with van der Waals surface area (Å²) in [5.74, 6) is 1.17. The summed E-state index contributed by atoms with van der Waals surface area (Å²) in [6.07, 6.45) is 3.54. The average Bonchev–Trinajstić information content (AvgIpc) is 3.82. The number of pyridine rings is 1. The molecule has 0 amide bonds. The number of aryl methyl sites for hydroxylation is 1. The second-order valence-corrected chi connectivity index (χ2v) is 12.8. The highest BCUT2D eigenvalue weighted by molar-refractivity contribution is 6.33. The van der Waals surface area contributed by atoms with Crippen LogP contribution in [0, 0.1) is 6.92 Å². The smallest absolute Gasteiger partial charge is 0.335 e. The second-order valence-electron chi connectivity index (χ2n) is 11.9. The molecule has 6 rings (SSSR count). The molecule has 0 atom stereocenters. The van der Waals surface area contributed by atoms with Crippen LogP contribution in [0.4, 0.5) is 5.82 Å². The molecule has 4 aromatic rings. The van der Waals surface area contributed by atoms with Gasteiger partial charge in [0.1, 0.15) is 35.2 Å². The third-order valence-corrected chi connectivity index (χ3v) is 8.84. The number of hydrogen-bond donors (Lipinski definition) is 6. The van der Waals surface area contributed by atoms with E-state index in [0.717, 1.165) is 35.3 Å². The maximum absolute atomic E-state index is 11.3. The molecule has 1 aliphatic carbocycles. The first kappa shape index (κ1) is 34.6. The highest BCUT2D eigenvalue weighted by Gasteiger charge is 2.45. The summed E-state index contributed by atoms with van der Waals surface area (Å²) in [5.41, 5.74) is 6.84. The van der Waals surface area contributed by atoms with E-state index >= 15 is 0 Å². The Kier molecular flexibility index (Phi) is 10.4. The molecule has 2 aromatic carbocycles. The van der Waals surface area contributed by atoms with Gasteiger partial charge in [0.25, 0.3) is 0 Å². The lowest BCUT2D eigenvalue weighted by atomic mass is 9.86. The molecular weight excluding hydrogens is 651 g/mol. The van der Waals surface area contributed by atoms with Crippen molar-refractivity contribution in [2.24, 2.45) is 5.73 Å². The number of aliphatic hydroxyl groups is 4. The van der Waals surface area contributed by atoms with Gasteiger partial charge in [-0.3, -0.25) is 0 Å². The summed E-state index contributed by atoms with van der Waals surface area (Å²) in [5, 5.41) is 50.8. The third kappa shape index (κ3) is 7.54. The van der Waals surface area contributed by atoms with E-state index in [2.05, 4.69) is 10.1 Å². The highest BCUT2D eigenvalue weighted by atomic mass is 35.5. The van der Waals surface area contributed by atoms with E-state index in [4.69, 9.17) is 53.5 Å². The highest BCUT2D eigenvalue weighted by Crippen LogP contribution is 2.46. The van der Waals surface area contributed by atoms with Crippen molar-refractivity contribution >= 4 is 35.0 Å². The Morgan fingerprint density at radius 2 is 1.79 bits per heavy atom. The number of anilines is 1. The number of benzene rings is 2. The number of carboxylic acids is 1. The van der Waals surface area contributed by atoms with Crippen molar-refractivity contribution in [3.63, 3.8) is 0 Å². The number of nitrogens with zero attached hydrogens (tertiary/aromatic N) is 3. The Hall–Kier alpha value is -3.75. The lowest BCUT2D eigenvalue weighted by molar-refractivity contribution is 0.00711. The number of halogens is 2. The van der Waals surface area contributed by atoms with Crippen LogP contribution in [-0.4, -0.2) is 80.1 Å². The number of hydrogen-bond acceptors (Lipinski definition) is 11. The van der Waals surface area contributed by atoms with Crippen molar-refractivity contribution in [3.8, 4) is 17.0 Å². The summed E-state index contributed by atoms with van der Waals surface area (Å²) < 4.78 is 11.9. The molecule has 14 heteroatoms. The minimum atomic E-state index is -1.21. The van der Waals surface area contributed by atoms with E-state index < -0.39 is 36.9 Å². The van der Waals surface area contributed by atoms with Gasteiger partial charge in [-0.05, 0) is 55.7 Å². The van der Waals surface area contributed by atoms with E-state index in [9.17, 15) is 15.0 Å². The molecule has 3 heterocycles. The van der Waals surface area contributed by atoms with Crippen molar-refractivity contribution in [3.05, 3.63) is 92.8 Å². The molecular formula is C33H36Cl2N4O8. The number of carbonyl (C=O) groups is 1. The lowest BCUT2D eigenvalue weighted by Gasteiger charge is -2.47. The molecule has 2 aromatic heterocycles. The molecule has 1 saturated carbocycles. The van der Waals surface area contributed by atoms with Gasteiger partial charge < -0.3 is 45.4 Å². The van der Waals surface area contributed by atoms with Crippen LogP contribution in [0.25, 0.3) is 11.3 Å². The Morgan fingerprint density at radius 1 is 1.09 bits per heavy atom. The number of aliphatic hydroxyl groups excluding tert-OH is 3. The largest absolute Gasteiger partial charge is 0.489 e. The average molecular weight is 688 g/mol. The van der Waals surface area contributed by atoms with E-state index in [1.54, 1.807) is 23.1 Å². The van der Waals surface area contributed by atoms with E-state index in [1.165, 1.54) is 18.3 Å². The summed E-state index contributed by atoms with van der Waals surface area (Å²) in [7, 11) is 0. The predicted octanol–water partition coefficient (Wildman–Crippen LogP) is 3.88. The zero-order chi connectivity index (χ0) is 33.9. The van der Waals surface area contributed by atoms with Crippen LogP contribution < -0.4 is 15.4 Å². The molecule has 0 spiro atoms. The van der Waals surface area contributed by atoms with Crippen LogP contribution in [0.1, 0.15) is 51.6 Å². The lowest BCUT2D eigenvalue weighted by Crippen LogP contribution is -2.60. The zero-order valence-corrected chi connectivity index (χ0v) is 27.1. The van der Waals surface area contributed by atoms with Crippen molar-refractivity contribution < 1.29 is 39.6 Å². The van der Waals surface area contributed by atoms with E-state index in [1.807, 2.05) is 25.1 Å². The van der Waals surface area contributed by atoms with Crippen molar-refractivity contribution in [2.75, 3.05) is 37.8 Å². The summed E-state index contributed by atoms with van der Waals surface area (Å²) >= 11 is 13.1. The van der Waals surface area contributed by atoms with Gasteiger partial charge >= 0.3 is 5.97 Å². The fourth-order valence-corrected chi connectivity index (χ4v) is 5.82. The molecule has 2 aliphatic rings. The van der Waals surface area contributed by atoms with Crippen molar-refractivity contribution in [1.29, 1.82) is 0 Å². The van der Waals surface area contributed by atoms with Crippen LogP contribution in [0.5, 0.6) is 5.75 Å². The molecule has 0 bridgehead atoms. The molecule has 250 valence electrons. The number of aromatic carboxylic acids is 1. The Morgan fingerprint density at radius 3 is 2.36 bits per heavy atom. The van der Waals surface area contributed by atoms with Crippen molar-refractivity contribution in [1.82, 2.24) is 10.1 Å². The van der Waals surface area contributed by atoms with Gasteiger partial charge in [-0.1, -0.05) is 46.6 Å². The summed E-state index contributed by atoms with van der Waals surface area (Å²) in [6, 6.07) is 13.9. The number of carboxylic acid groups (broad SMARTS) is 1. The molecule has 12 nitrogen and oxygen atoms in total. The first-order chi connectivity index (χ1) is 22.4. The van der Waals surface area contributed by atoms with Crippen LogP contribution in [-0.2, 0) is 12.2 Å². The fourth-order valence-electron chi connectivity index (χ4n) is 5.17. The van der Waals surface area contributed by atoms with Crippen LogP contribution >= 0.6 is 23.2 Å². The quantitative estimate of drug-likeness (QED) is 0.133. The van der Waals surface area contributed by atoms with Gasteiger partial charge in [-0.25, -0.2) is 9.78 Å². The first-order valence-corrected chi connectivity index (χ1v) is 15.6. The number of rotatable bonds is 11. The number of β-amino-alcohol motifs (C(OH)–C–C–N with tert-alkyl or cyclic N) is 1. The van der Waals surface area contributed by atoms with Crippen LogP contribution in [0.15, 0.2) is 59.3 Å². The SMILES string of the molecule is Cc1cccc(Cl)c1-c1noc(C2CC2)c1COc1ccc(C2(O)CN(c3cc(C(=O)O)ccn3)C2)c(Cl)c1.NC(CO)(CO)CO. The second kappa shape index (κ2) is 14.2. The molecule has 1 aliphatic heterocycles. The maximum atomic E-state index is 11.3. The fraction of sp³-hybridized carbons (Fsp3) is 0.364. The first-order valence-electron chi connectivity index (χ1n) is 14.9. The van der Waals surface area contributed by atoms with Gasteiger partial charge in [0, 0.05) is 23.2 Å². The van der Waals surface area contributed by atoms with Gasteiger partial charge in [-0.2, -0.15) is 0 Å². The van der Waals surface area contributed by atoms with Gasteiger partial charge in [0.15, 0.2) is 0 Å². The van der Waals surface area contributed by atoms with E-state index in [0.29, 0.717) is 38.8 Å².